The number of halogens is 1. The number of benzene rings is 1. The zero-order valence-electron chi connectivity index (χ0n) is 14.8. The maximum atomic E-state index is 13.0. The molecule has 1 aromatic rings. The summed E-state index contributed by atoms with van der Waals surface area (Å²) in [6.45, 7) is 1.11. The quantitative estimate of drug-likeness (QED) is 0.739. The highest BCUT2D eigenvalue weighted by molar-refractivity contribution is 6.30. The van der Waals surface area contributed by atoms with Gasteiger partial charge >= 0.3 is 6.03 Å². The Labute approximate surface area is 161 Å². The highest BCUT2D eigenvalue weighted by atomic mass is 35.5. The molecule has 1 aromatic carbocycles. The molecule has 3 N–H and O–H groups in total. The van der Waals surface area contributed by atoms with Crippen LogP contribution in [0, 0.1) is 0 Å². The first-order valence-corrected chi connectivity index (χ1v) is 9.17. The maximum absolute atomic E-state index is 13.0. The number of hydrogen-bond donors (Lipinski definition) is 2. The molecular formula is C17H21ClN6O3. The Kier molecular flexibility index (Phi) is 4.45. The number of imide groups is 1. The number of nitrogens with two attached hydrogens (primary N) is 1. The minimum atomic E-state index is -0.715. The highest BCUT2D eigenvalue weighted by Crippen LogP contribution is 2.33. The second kappa shape index (κ2) is 6.66. The molecule has 0 aliphatic carbocycles. The Balaban J connectivity index is 1.65. The lowest BCUT2D eigenvalue weighted by Crippen LogP contribution is -2.67. The first-order valence-electron chi connectivity index (χ1n) is 8.79. The Bertz CT molecular complexity index is 787. The van der Waals surface area contributed by atoms with Crippen molar-refractivity contribution in [2.75, 3.05) is 31.6 Å². The molecule has 0 spiro atoms. The van der Waals surface area contributed by atoms with Crippen LogP contribution in [0.15, 0.2) is 24.3 Å². The largest absolute Gasteiger partial charge is 0.368 e. The summed E-state index contributed by atoms with van der Waals surface area (Å²) in [7, 11) is 1.62. The number of likely N-dealkylation sites (N-methyl/N-ethyl adjacent to an activating group) is 1. The molecule has 3 heterocycles. The minimum Gasteiger partial charge on any atom is -0.368 e. The lowest BCUT2D eigenvalue weighted by Gasteiger charge is -2.43. The van der Waals surface area contributed by atoms with Crippen LogP contribution < -0.4 is 16.0 Å². The van der Waals surface area contributed by atoms with Gasteiger partial charge in [0.25, 0.3) is 5.91 Å². The third kappa shape index (κ3) is 2.91. The fourth-order valence-electron chi connectivity index (χ4n) is 4.12. The van der Waals surface area contributed by atoms with Gasteiger partial charge in [-0.25, -0.2) is 4.79 Å². The fourth-order valence-corrected chi connectivity index (χ4v) is 4.24. The molecule has 144 valence electrons. The fraction of sp³-hybridized carbons (Fsp3) is 0.471. The van der Waals surface area contributed by atoms with Crippen LogP contribution in [0.25, 0.3) is 0 Å². The van der Waals surface area contributed by atoms with E-state index in [9.17, 15) is 14.4 Å². The second-order valence-corrected chi connectivity index (χ2v) is 7.41. The van der Waals surface area contributed by atoms with E-state index in [1.807, 2.05) is 29.2 Å². The molecule has 10 heteroatoms. The molecule has 3 aliphatic heterocycles. The summed E-state index contributed by atoms with van der Waals surface area (Å²) in [6, 6.07) is 6.44. The van der Waals surface area contributed by atoms with E-state index in [0.717, 1.165) is 23.6 Å². The zero-order valence-corrected chi connectivity index (χ0v) is 15.6. The molecule has 4 rings (SSSR count). The Morgan fingerprint density at radius 1 is 1.26 bits per heavy atom. The number of urea groups is 1. The predicted octanol–water partition coefficient (Wildman–Crippen LogP) is -0.187. The third-order valence-corrected chi connectivity index (χ3v) is 5.59. The smallest absolute Gasteiger partial charge is 0.328 e. The molecule has 0 aromatic heterocycles. The van der Waals surface area contributed by atoms with Crippen LogP contribution in [-0.4, -0.2) is 77.7 Å². The van der Waals surface area contributed by atoms with Gasteiger partial charge in [-0.05, 0) is 30.7 Å². The Hall–Kier alpha value is -2.36. The molecule has 3 unspecified atom stereocenters. The number of carbonyl (C=O) groups excluding carboxylic acids is 3. The molecule has 0 radical (unpaired) electrons. The number of anilines is 1. The molecule has 3 atom stereocenters. The molecule has 0 saturated carbocycles. The van der Waals surface area contributed by atoms with Gasteiger partial charge < -0.3 is 15.5 Å². The molecule has 0 bridgehead atoms. The number of rotatable bonds is 3. The van der Waals surface area contributed by atoms with E-state index < -0.39 is 36.6 Å². The van der Waals surface area contributed by atoms with Crippen LogP contribution in [0.1, 0.15) is 6.42 Å². The van der Waals surface area contributed by atoms with Crippen LogP contribution in [0.2, 0.25) is 5.02 Å². The lowest BCUT2D eigenvalue weighted by atomic mass is 10.1. The van der Waals surface area contributed by atoms with Crippen LogP contribution in [0.4, 0.5) is 10.5 Å². The SMILES string of the molecule is CN1C(=O)N(CC(N)=O)C(=O)C2C1NC1N(c3ccc(Cl)cc3)CCCN21. The van der Waals surface area contributed by atoms with Crippen LogP contribution in [-0.2, 0) is 9.59 Å². The summed E-state index contributed by atoms with van der Waals surface area (Å²) in [6.07, 6.45) is 0.166. The van der Waals surface area contributed by atoms with Crippen LogP contribution in [0.3, 0.4) is 0 Å². The van der Waals surface area contributed by atoms with E-state index in [1.54, 1.807) is 7.05 Å². The number of carbonyl (C=O) groups is 3. The first kappa shape index (κ1) is 18.0. The number of fused-ring (bicyclic) bond motifs is 3. The Morgan fingerprint density at radius 3 is 2.63 bits per heavy atom. The molecule has 4 amide bonds. The average Bonchev–Trinajstić information content (AvgIpc) is 3.04. The molecule has 3 saturated heterocycles. The topological polar surface area (TPSA) is 102 Å². The van der Waals surface area contributed by atoms with Crippen molar-refractivity contribution in [3.63, 3.8) is 0 Å². The van der Waals surface area contributed by atoms with Gasteiger partial charge in [0.2, 0.25) is 5.91 Å². The van der Waals surface area contributed by atoms with Crippen molar-refractivity contribution in [1.82, 2.24) is 20.0 Å². The van der Waals surface area contributed by atoms with Crippen molar-refractivity contribution in [3.05, 3.63) is 29.3 Å². The molecule has 3 fully saturated rings. The molecule has 27 heavy (non-hydrogen) atoms. The monoisotopic (exact) mass is 392 g/mol. The van der Waals surface area contributed by atoms with Gasteiger partial charge in [-0.15, -0.1) is 0 Å². The van der Waals surface area contributed by atoms with Crippen molar-refractivity contribution >= 4 is 35.1 Å². The average molecular weight is 393 g/mol. The standard InChI is InChI=1S/C17H21ClN6O3/c1-21-14-13(15(26)24(17(21)27)9-12(19)25)23-8-2-7-22(16(23)20-14)11-5-3-10(18)4-6-11/h3-6,13-14,16,20H,2,7-9H2,1H3,(H2,19,25). The summed E-state index contributed by atoms with van der Waals surface area (Å²) in [4.78, 5) is 43.5. The van der Waals surface area contributed by atoms with E-state index in [4.69, 9.17) is 17.3 Å². The number of nitrogens with zero attached hydrogens (tertiary/aromatic N) is 4. The third-order valence-electron chi connectivity index (χ3n) is 5.34. The van der Waals surface area contributed by atoms with E-state index in [0.29, 0.717) is 11.6 Å². The van der Waals surface area contributed by atoms with Crippen molar-refractivity contribution in [3.8, 4) is 0 Å². The molecular weight excluding hydrogens is 372 g/mol. The summed E-state index contributed by atoms with van der Waals surface area (Å²) >= 11 is 6.00. The van der Waals surface area contributed by atoms with Gasteiger partial charge in [0.1, 0.15) is 25.0 Å². The van der Waals surface area contributed by atoms with Crippen LogP contribution >= 0.6 is 11.6 Å². The van der Waals surface area contributed by atoms with Gasteiger partial charge in [0.05, 0.1) is 0 Å². The maximum Gasteiger partial charge on any atom is 0.328 e. The molecule has 3 aliphatic rings. The number of amides is 4. The van der Waals surface area contributed by atoms with E-state index in [-0.39, 0.29) is 6.29 Å². The first-order chi connectivity index (χ1) is 12.9. The van der Waals surface area contributed by atoms with Gasteiger partial charge in [-0.2, -0.15) is 0 Å². The van der Waals surface area contributed by atoms with Gasteiger partial charge in [-0.1, -0.05) is 11.6 Å². The number of hydrogen-bond acceptors (Lipinski definition) is 6. The van der Waals surface area contributed by atoms with E-state index in [2.05, 4.69) is 10.2 Å². The summed E-state index contributed by atoms with van der Waals surface area (Å²) in [5, 5.41) is 4.06. The van der Waals surface area contributed by atoms with E-state index in [1.165, 1.54) is 4.90 Å². The lowest BCUT2D eigenvalue weighted by molar-refractivity contribution is -0.141. The number of nitrogens with one attached hydrogen (secondary N) is 1. The highest BCUT2D eigenvalue weighted by Gasteiger charge is 2.56. The van der Waals surface area contributed by atoms with Gasteiger partial charge in [-0.3, -0.25) is 24.7 Å². The van der Waals surface area contributed by atoms with Crippen molar-refractivity contribution < 1.29 is 14.4 Å². The Morgan fingerprint density at radius 2 is 1.96 bits per heavy atom. The van der Waals surface area contributed by atoms with Crippen molar-refractivity contribution in [2.24, 2.45) is 5.73 Å². The second-order valence-electron chi connectivity index (χ2n) is 6.98. The number of primary amides is 1. The van der Waals surface area contributed by atoms with Crippen LogP contribution in [0.5, 0.6) is 0 Å². The zero-order chi connectivity index (χ0) is 19.3. The summed E-state index contributed by atoms with van der Waals surface area (Å²) < 4.78 is 0. The predicted molar refractivity (Wildman–Crippen MR) is 98.7 cm³/mol. The van der Waals surface area contributed by atoms with Crippen molar-refractivity contribution in [2.45, 2.75) is 24.9 Å². The van der Waals surface area contributed by atoms with E-state index >= 15 is 0 Å². The summed E-state index contributed by atoms with van der Waals surface area (Å²) in [5.41, 5.74) is 6.20. The normalized spacial score (nSPS) is 28.4. The summed E-state index contributed by atoms with van der Waals surface area (Å²) in [5.74, 6) is -1.11. The van der Waals surface area contributed by atoms with Gasteiger partial charge in [0.15, 0.2) is 0 Å². The van der Waals surface area contributed by atoms with Gasteiger partial charge in [0, 0.05) is 30.8 Å². The molecule has 9 nitrogen and oxygen atoms in total. The minimum absolute atomic E-state index is 0.234. The van der Waals surface area contributed by atoms with Crippen molar-refractivity contribution in [1.29, 1.82) is 0 Å².